The van der Waals surface area contributed by atoms with Crippen LogP contribution in [0.1, 0.15) is 12.5 Å². The number of methoxy groups -OCH3 is 1. The molecule has 4 heteroatoms. The maximum Gasteiger partial charge on any atom is 0.161 e. The van der Waals surface area contributed by atoms with Gasteiger partial charge in [-0.2, -0.15) is 0 Å². The number of benzene rings is 1. The standard InChI is InChI=1S/C12H19NO3/c1-9(7-13-2)16-11-5-4-10(8-14)6-12(11)15-3/h4-6,9,13-14H,7-8H2,1-3H3. The summed E-state index contributed by atoms with van der Waals surface area (Å²) in [5, 5.41) is 12.1. The summed E-state index contributed by atoms with van der Waals surface area (Å²) in [6.07, 6.45) is 0.0684. The molecule has 0 aliphatic rings. The van der Waals surface area contributed by atoms with Crippen LogP contribution in [0.4, 0.5) is 0 Å². The predicted octanol–water partition coefficient (Wildman–Crippen LogP) is 1.17. The molecule has 1 rings (SSSR count). The summed E-state index contributed by atoms with van der Waals surface area (Å²) in [6.45, 7) is 2.75. The summed E-state index contributed by atoms with van der Waals surface area (Å²) in [6, 6.07) is 5.42. The molecule has 16 heavy (non-hydrogen) atoms. The Morgan fingerprint density at radius 3 is 2.69 bits per heavy atom. The first kappa shape index (κ1) is 12.8. The van der Waals surface area contributed by atoms with Crippen LogP contribution >= 0.6 is 0 Å². The summed E-state index contributed by atoms with van der Waals surface area (Å²) >= 11 is 0. The number of nitrogens with one attached hydrogen (secondary N) is 1. The quantitative estimate of drug-likeness (QED) is 0.763. The van der Waals surface area contributed by atoms with E-state index in [-0.39, 0.29) is 12.7 Å². The van der Waals surface area contributed by atoms with Crippen molar-refractivity contribution < 1.29 is 14.6 Å². The third-order valence-electron chi connectivity index (χ3n) is 2.23. The molecule has 0 aliphatic carbocycles. The van der Waals surface area contributed by atoms with Gasteiger partial charge in [0, 0.05) is 6.54 Å². The molecule has 4 nitrogen and oxygen atoms in total. The van der Waals surface area contributed by atoms with Crippen molar-refractivity contribution in [1.29, 1.82) is 0 Å². The largest absolute Gasteiger partial charge is 0.493 e. The van der Waals surface area contributed by atoms with E-state index < -0.39 is 0 Å². The summed E-state index contributed by atoms with van der Waals surface area (Å²) in [5.74, 6) is 1.34. The van der Waals surface area contributed by atoms with Crippen LogP contribution in [0, 0.1) is 0 Å². The third-order valence-corrected chi connectivity index (χ3v) is 2.23. The zero-order valence-electron chi connectivity index (χ0n) is 9.99. The predicted molar refractivity (Wildman–Crippen MR) is 62.9 cm³/mol. The monoisotopic (exact) mass is 225 g/mol. The van der Waals surface area contributed by atoms with Crippen molar-refractivity contribution in [2.24, 2.45) is 0 Å². The zero-order valence-corrected chi connectivity index (χ0v) is 9.99. The number of aliphatic hydroxyl groups excluding tert-OH is 1. The molecule has 1 aromatic rings. The van der Waals surface area contributed by atoms with Crippen molar-refractivity contribution in [2.75, 3.05) is 20.7 Å². The highest BCUT2D eigenvalue weighted by atomic mass is 16.5. The topological polar surface area (TPSA) is 50.7 Å². The summed E-state index contributed by atoms with van der Waals surface area (Å²) in [5.41, 5.74) is 0.811. The Morgan fingerprint density at radius 2 is 2.12 bits per heavy atom. The van der Waals surface area contributed by atoms with Gasteiger partial charge in [0.2, 0.25) is 0 Å². The first-order chi connectivity index (χ1) is 7.71. The van der Waals surface area contributed by atoms with E-state index in [1.54, 1.807) is 13.2 Å². The van der Waals surface area contributed by atoms with Crippen molar-refractivity contribution in [3.8, 4) is 11.5 Å². The van der Waals surface area contributed by atoms with Gasteiger partial charge < -0.3 is 19.9 Å². The Labute approximate surface area is 96.2 Å². The number of rotatable bonds is 6. The Morgan fingerprint density at radius 1 is 1.38 bits per heavy atom. The molecule has 0 aromatic heterocycles. The second kappa shape index (κ2) is 6.35. The van der Waals surface area contributed by atoms with Crippen molar-refractivity contribution >= 4 is 0 Å². The molecule has 0 bridgehead atoms. The lowest BCUT2D eigenvalue weighted by Gasteiger charge is -2.17. The van der Waals surface area contributed by atoms with E-state index in [0.29, 0.717) is 11.5 Å². The minimum atomic E-state index is 0.00269. The highest BCUT2D eigenvalue weighted by molar-refractivity contribution is 5.42. The normalized spacial score (nSPS) is 12.2. The van der Waals surface area contributed by atoms with E-state index >= 15 is 0 Å². The lowest BCUT2D eigenvalue weighted by atomic mass is 10.2. The van der Waals surface area contributed by atoms with Crippen LogP contribution in [-0.2, 0) is 6.61 Å². The Bertz CT molecular complexity index is 328. The van der Waals surface area contributed by atoms with Crippen molar-refractivity contribution in [3.63, 3.8) is 0 Å². The first-order valence-corrected chi connectivity index (χ1v) is 5.30. The highest BCUT2D eigenvalue weighted by Gasteiger charge is 2.09. The van der Waals surface area contributed by atoms with E-state index in [1.165, 1.54) is 0 Å². The zero-order chi connectivity index (χ0) is 12.0. The number of likely N-dealkylation sites (N-methyl/N-ethyl adjacent to an activating group) is 1. The molecule has 0 fully saturated rings. The van der Waals surface area contributed by atoms with E-state index in [4.69, 9.17) is 14.6 Å². The van der Waals surface area contributed by atoms with Crippen LogP contribution in [0.3, 0.4) is 0 Å². The van der Waals surface area contributed by atoms with E-state index in [1.807, 2.05) is 26.1 Å². The second-order valence-electron chi connectivity index (χ2n) is 3.63. The van der Waals surface area contributed by atoms with Crippen LogP contribution in [0.5, 0.6) is 11.5 Å². The van der Waals surface area contributed by atoms with Crippen LogP contribution in [0.25, 0.3) is 0 Å². The van der Waals surface area contributed by atoms with Gasteiger partial charge in [-0.3, -0.25) is 0 Å². The molecular formula is C12H19NO3. The minimum Gasteiger partial charge on any atom is -0.493 e. The van der Waals surface area contributed by atoms with Gasteiger partial charge in [0.25, 0.3) is 0 Å². The van der Waals surface area contributed by atoms with Crippen LogP contribution in [-0.4, -0.2) is 31.9 Å². The van der Waals surface area contributed by atoms with Crippen LogP contribution in [0.2, 0.25) is 0 Å². The van der Waals surface area contributed by atoms with Gasteiger partial charge in [-0.15, -0.1) is 0 Å². The molecule has 0 spiro atoms. The maximum atomic E-state index is 9.01. The fraction of sp³-hybridized carbons (Fsp3) is 0.500. The van der Waals surface area contributed by atoms with E-state index in [9.17, 15) is 0 Å². The van der Waals surface area contributed by atoms with Crippen molar-refractivity contribution in [1.82, 2.24) is 5.32 Å². The van der Waals surface area contributed by atoms with E-state index in [2.05, 4.69) is 5.32 Å². The summed E-state index contributed by atoms with van der Waals surface area (Å²) in [4.78, 5) is 0. The first-order valence-electron chi connectivity index (χ1n) is 5.30. The fourth-order valence-corrected chi connectivity index (χ4v) is 1.45. The molecule has 0 radical (unpaired) electrons. The number of ether oxygens (including phenoxy) is 2. The minimum absolute atomic E-state index is 0.00269. The van der Waals surface area contributed by atoms with Crippen molar-refractivity contribution in [3.05, 3.63) is 23.8 Å². The molecule has 0 aliphatic heterocycles. The second-order valence-corrected chi connectivity index (χ2v) is 3.63. The van der Waals surface area contributed by atoms with Gasteiger partial charge in [-0.1, -0.05) is 6.07 Å². The van der Waals surface area contributed by atoms with Gasteiger partial charge in [-0.25, -0.2) is 0 Å². The lowest BCUT2D eigenvalue weighted by Crippen LogP contribution is -2.26. The lowest BCUT2D eigenvalue weighted by molar-refractivity contribution is 0.210. The molecule has 1 unspecified atom stereocenters. The Balaban J connectivity index is 2.78. The van der Waals surface area contributed by atoms with Gasteiger partial charge in [0.1, 0.15) is 6.10 Å². The fourth-order valence-electron chi connectivity index (χ4n) is 1.45. The van der Waals surface area contributed by atoms with E-state index in [0.717, 1.165) is 12.1 Å². The maximum absolute atomic E-state index is 9.01. The van der Waals surface area contributed by atoms with Crippen LogP contribution in [0.15, 0.2) is 18.2 Å². The molecule has 90 valence electrons. The highest BCUT2D eigenvalue weighted by Crippen LogP contribution is 2.28. The van der Waals surface area contributed by atoms with Crippen molar-refractivity contribution in [2.45, 2.75) is 19.6 Å². The van der Waals surface area contributed by atoms with Gasteiger partial charge >= 0.3 is 0 Å². The SMILES string of the molecule is CNCC(C)Oc1ccc(CO)cc1OC. The molecular weight excluding hydrogens is 206 g/mol. The average Bonchev–Trinajstić information content (AvgIpc) is 2.30. The van der Waals surface area contributed by atoms with Crippen LogP contribution < -0.4 is 14.8 Å². The number of aliphatic hydroxyl groups is 1. The van der Waals surface area contributed by atoms with Gasteiger partial charge in [0.15, 0.2) is 11.5 Å². The molecule has 0 saturated heterocycles. The molecule has 0 heterocycles. The third kappa shape index (κ3) is 3.40. The smallest absolute Gasteiger partial charge is 0.161 e. The van der Waals surface area contributed by atoms with Gasteiger partial charge in [-0.05, 0) is 31.7 Å². The van der Waals surface area contributed by atoms with Gasteiger partial charge in [0.05, 0.1) is 13.7 Å². The molecule has 0 amide bonds. The molecule has 1 atom stereocenters. The Hall–Kier alpha value is -1.26. The average molecular weight is 225 g/mol. The number of hydrogen-bond acceptors (Lipinski definition) is 4. The summed E-state index contributed by atoms with van der Waals surface area (Å²) < 4.78 is 10.9. The molecule has 0 saturated carbocycles. The summed E-state index contributed by atoms with van der Waals surface area (Å²) in [7, 11) is 3.47. The number of hydrogen-bond donors (Lipinski definition) is 2. The Kier molecular flexibility index (Phi) is 5.08. The molecule has 2 N–H and O–H groups in total. The molecule has 1 aromatic carbocycles.